The lowest BCUT2D eigenvalue weighted by Crippen LogP contribution is -2.31. The Morgan fingerprint density at radius 1 is 1.48 bits per heavy atom. The SMILES string of the molecule is CCC(N)Cc1cccc(OC)c1OCC(=O)NC1CC1. The Morgan fingerprint density at radius 3 is 2.86 bits per heavy atom. The Balaban J connectivity index is 2.04. The van der Waals surface area contributed by atoms with E-state index in [2.05, 4.69) is 12.2 Å². The molecule has 5 heteroatoms. The molecule has 21 heavy (non-hydrogen) atoms. The molecule has 0 heterocycles. The van der Waals surface area contributed by atoms with Crippen LogP contribution in [0.3, 0.4) is 0 Å². The number of nitrogens with two attached hydrogens (primary N) is 1. The average Bonchev–Trinajstić information content (AvgIpc) is 3.29. The Bertz CT molecular complexity index is 486. The van der Waals surface area contributed by atoms with E-state index in [1.54, 1.807) is 7.11 Å². The Kier molecular flexibility index (Phi) is 5.44. The smallest absolute Gasteiger partial charge is 0.258 e. The summed E-state index contributed by atoms with van der Waals surface area (Å²) >= 11 is 0. The van der Waals surface area contributed by atoms with Crippen molar-refractivity contribution >= 4 is 5.91 Å². The highest BCUT2D eigenvalue weighted by molar-refractivity contribution is 5.78. The summed E-state index contributed by atoms with van der Waals surface area (Å²) < 4.78 is 11.0. The average molecular weight is 292 g/mol. The van der Waals surface area contributed by atoms with Gasteiger partial charge in [0.05, 0.1) is 7.11 Å². The second-order valence-corrected chi connectivity index (χ2v) is 5.45. The third-order valence-electron chi connectivity index (χ3n) is 3.58. The molecule has 2 rings (SSSR count). The van der Waals surface area contributed by atoms with Gasteiger partial charge in [-0.3, -0.25) is 4.79 Å². The molecule has 1 fully saturated rings. The Labute approximate surface area is 125 Å². The summed E-state index contributed by atoms with van der Waals surface area (Å²) in [5.41, 5.74) is 6.99. The third kappa shape index (κ3) is 4.63. The second-order valence-electron chi connectivity index (χ2n) is 5.45. The van der Waals surface area contributed by atoms with Gasteiger partial charge in [-0.2, -0.15) is 0 Å². The molecule has 1 unspecified atom stereocenters. The number of ether oxygens (including phenoxy) is 2. The number of amides is 1. The molecule has 0 bridgehead atoms. The van der Waals surface area contributed by atoms with Crippen molar-refractivity contribution in [3.8, 4) is 11.5 Å². The van der Waals surface area contributed by atoms with Gasteiger partial charge in [0, 0.05) is 12.1 Å². The predicted molar refractivity (Wildman–Crippen MR) is 81.6 cm³/mol. The lowest BCUT2D eigenvalue weighted by Gasteiger charge is -2.17. The highest BCUT2D eigenvalue weighted by atomic mass is 16.5. The van der Waals surface area contributed by atoms with Crippen LogP contribution in [0.2, 0.25) is 0 Å². The zero-order chi connectivity index (χ0) is 15.2. The first kappa shape index (κ1) is 15.6. The van der Waals surface area contributed by atoms with Crippen molar-refractivity contribution in [1.29, 1.82) is 0 Å². The number of carbonyl (C=O) groups excluding carboxylic acids is 1. The largest absolute Gasteiger partial charge is 0.493 e. The van der Waals surface area contributed by atoms with Gasteiger partial charge in [0.15, 0.2) is 18.1 Å². The van der Waals surface area contributed by atoms with E-state index in [9.17, 15) is 4.79 Å². The summed E-state index contributed by atoms with van der Waals surface area (Å²) in [6.45, 7) is 2.06. The number of nitrogens with one attached hydrogen (secondary N) is 1. The zero-order valence-electron chi connectivity index (χ0n) is 12.7. The maximum absolute atomic E-state index is 11.8. The fourth-order valence-corrected chi connectivity index (χ4v) is 2.11. The molecule has 1 aliphatic rings. The van der Waals surface area contributed by atoms with Gasteiger partial charge in [-0.25, -0.2) is 0 Å². The summed E-state index contributed by atoms with van der Waals surface area (Å²) in [7, 11) is 1.59. The Hall–Kier alpha value is -1.75. The summed E-state index contributed by atoms with van der Waals surface area (Å²) in [5, 5.41) is 2.90. The van der Waals surface area contributed by atoms with Crippen LogP contribution in [-0.4, -0.2) is 31.7 Å². The molecule has 0 aromatic heterocycles. The van der Waals surface area contributed by atoms with Crippen LogP contribution < -0.4 is 20.5 Å². The van der Waals surface area contributed by atoms with Gasteiger partial charge in [0.2, 0.25) is 0 Å². The first-order valence-electron chi connectivity index (χ1n) is 7.47. The number of benzene rings is 1. The molecule has 1 amide bonds. The van der Waals surface area contributed by atoms with Gasteiger partial charge >= 0.3 is 0 Å². The van der Waals surface area contributed by atoms with E-state index < -0.39 is 0 Å². The third-order valence-corrected chi connectivity index (χ3v) is 3.58. The minimum absolute atomic E-state index is 0.00519. The molecule has 1 aliphatic carbocycles. The van der Waals surface area contributed by atoms with Gasteiger partial charge < -0.3 is 20.5 Å². The van der Waals surface area contributed by atoms with Crippen LogP contribution in [0.4, 0.5) is 0 Å². The fraction of sp³-hybridized carbons (Fsp3) is 0.562. The van der Waals surface area contributed by atoms with E-state index in [-0.39, 0.29) is 18.6 Å². The summed E-state index contributed by atoms with van der Waals surface area (Å²) in [4.78, 5) is 11.8. The molecule has 1 atom stereocenters. The molecule has 3 N–H and O–H groups in total. The number of rotatable bonds is 8. The Morgan fingerprint density at radius 2 is 2.24 bits per heavy atom. The van der Waals surface area contributed by atoms with Gasteiger partial charge in [-0.05, 0) is 37.3 Å². The van der Waals surface area contributed by atoms with Crippen LogP contribution in [0.15, 0.2) is 18.2 Å². The first-order valence-corrected chi connectivity index (χ1v) is 7.47. The van der Waals surface area contributed by atoms with Gasteiger partial charge in [-0.1, -0.05) is 19.1 Å². The number of hydrogen-bond donors (Lipinski definition) is 2. The quantitative estimate of drug-likeness (QED) is 0.764. The molecule has 0 saturated heterocycles. The minimum atomic E-state index is -0.0888. The van der Waals surface area contributed by atoms with Crippen molar-refractivity contribution in [3.05, 3.63) is 23.8 Å². The lowest BCUT2D eigenvalue weighted by molar-refractivity contribution is -0.123. The van der Waals surface area contributed by atoms with Crippen LogP contribution in [-0.2, 0) is 11.2 Å². The molecule has 0 radical (unpaired) electrons. The van der Waals surface area contributed by atoms with Gasteiger partial charge in [0.1, 0.15) is 0 Å². The lowest BCUT2D eigenvalue weighted by atomic mass is 10.0. The van der Waals surface area contributed by atoms with E-state index in [1.165, 1.54) is 0 Å². The molecule has 0 aliphatic heterocycles. The molecule has 1 aromatic carbocycles. The molecular formula is C16H24N2O3. The van der Waals surface area contributed by atoms with Crippen molar-refractivity contribution in [1.82, 2.24) is 5.32 Å². The van der Waals surface area contributed by atoms with E-state index in [4.69, 9.17) is 15.2 Å². The summed E-state index contributed by atoms with van der Waals surface area (Å²) in [6.07, 6.45) is 3.72. The molecular weight excluding hydrogens is 268 g/mol. The first-order chi connectivity index (χ1) is 10.1. The van der Waals surface area contributed by atoms with E-state index >= 15 is 0 Å². The monoisotopic (exact) mass is 292 g/mol. The normalized spacial score (nSPS) is 15.4. The highest BCUT2D eigenvalue weighted by Gasteiger charge is 2.23. The van der Waals surface area contributed by atoms with Crippen molar-refractivity contribution in [2.24, 2.45) is 5.73 Å². The van der Waals surface area contributed by atoms with Crippen molar-refractivity contribution in [2.75, 3.05) is 13.7 Å². The summed E-state index contributed by atoms with van der Waals surface area (Å²) in [6, 6.07) is 6.11. The van der Waals surface area contributed by atoms with Crippen LogP contribution in [0.1, 0.15) is 31.7 Å². The maximum Gasteiger partial charge on any atom is 0.258 e. The number of methoxy groups -OCH3 is 1. The van der Waals surface area contributed by atoms with Gasteiger partial charge in [-0.15, -0.1) is 0 Å². The van der Waals surface area contributed by atoms with E-state index in [0.29, 0.717) is 24.0 Å². The number of carbonyl (C=O) groups is 1. The van der Waals surface area contributed by atoms with Crippen LogP contribution in [0.5, 0.6) is 11.5 Å². The number of para-hydroxylation sites is 1. The molecule has 1 saturated carbocycles. The fourth-order valence-electron chi connectivity index (χ4n) is 2.11. The zero-order valence-corrected chi connectivity index (χ0v) is 12.7. The molecule has 116 valence electrons. The minimum Gasteiger partial charge on any atom is -0.493 e. The maximum atomic E-state index is 11.8. The highest BCUT2D eigenvalue weighted by Crippen LogP contribution is 2.32. The van der Waals surface area contributed by atoms with Crippen LogP contribution >= 0.6 is 0 Å². The van der Waals surface area contributed by atoms with E-state index in [0.717, 1.165) is 24.8 Å². The van der Waals surface area contributed by atoms with Crippen molar-refractivity contribution in [3.63, 3.8) is 0 Å². The summed E-state index contributed by atoms with van der Waals surface area (Å²) in [5.74, 6) is 1.17. The molecule has 1 aromatic rings. The van der Waals surface area contributed by atoms with Crippen molar-refractivity contribution < 1.29 is 14.3 Å². The van der Waals surface area contributed by atoms with Crippen LogP contribution in [0, 0.1) is 0 Å². The molecule has 0 spiro atoms. The standard InChI is InChI=1S/C16H24N2O3/c1-3-12(17)9-11-5-4-6-14(20-2)16(11)21-10-15(19)18-13-7-8-13/h4-6,12-13H,3,7-10,17H2,1-2H3,(H,18,19). The van der Waals surface area contributed by atoms with E-state index in [1.807, 2.05) is 18.2 Å². The second kappa shape index (κ2) is 7.31. The topological polar surface area (TPSA) is 73.6 Å². The molecule has 5 nitrogen and oxygen atoms in total. The van der Waals surface area contributed by atoms with Gasteiger partial charge in [0.25, 0.3) is 5.91 Å². The van der Waals surface area contributed by atoms with Crippen molar-refractivity contribution in [2.45, 2.75) is 44.7 Å². The number of hydrogen-bond acceptors (Lipinski definition) is 4. The predicted octanol–water partition coefficient (Wildman–Crippen LogP) is 1.63. The van der Waals surface area contributed by atoms with Crippen LogP contribution in [0.25, 0.3) is 0 Å².